The van der Waals surface area contributed by atoms with Gasteiger partial charge in [0, 0.05) is 56.0 Å². The molecule has 2 N–H and O–H groups in total. The highest BCUT2D eigenvalue weighted by molar-refractivity contribution is 6.04. The van der Waals surface area contributed by atoms with E-state index in [1.807, 2.05) is 17.9 Å². The van der Waals surface area contributed by atoms with Crippen molar-refractivity contribution in [3.63, 3.8) is 0 Å². The number of hydrogen-bond donors (Lipinski definition) is 2. The maximum absolute atomic E-state index is 12.5. The van der Waals surface area contributed by atoms with Crippen LogP contribution in [-0.4, -0.2) is 86.5 Å². The zero-order chi connectivity index (χ0) is 29.9. The van der Waals surface area contributed by atoms with Gasteiger partial charge in [0.05, 0.1) is 16.7 Å². The standard InChI is InChI=1S/C29H33F3N8O2/c1-4-33-25(13-18(2)19(3)39-9-11-40(12-10-39)27(41)20-5-6-20)38-28-36-22-8-7-21(14-24(22)37-28)23-15-26(35-17-34-23)42-16-29(30,31)32/h4,7-8,13-15,17,19-20H,1,5-6,9-12,16H2,2-3H3,(H2,33,36,37,38)/b18-13+. The number of carbonyl (C=O) groups is 1. The molecule has 3 heterocycles. The van der Waals surface area contributed by atoms with Crippen LogP contribution in [-0.2, 0) is 4.79 Å². The molecule has 1 atom stereocenters. The minimum absolute atomic E-state index is 0.149. The molecule has 42 heavy (non-hydrogen) atoms. The summed E-state index contributed by atoms with van der Waals surface area (Å²) >= 11 is 0. The Morgan fingerprint density at radius 3 is 2.69 bits per heavy atom. The van der Waals surface area contributed by atoms with Crippen molar-refractivity contribution in [1.82, 2.24) is 29.7 Å². The largest absolute Gasteiger partial charge is 0.468 e. The van der Waals surface area contributed by atoms with Gasteiger partial charge in [-0.3, -0.25) is 9.69 Å². The molecule has 2 aliphatic rings. The summed E-state index contributed by atoms with van der Waals surface area (Å²) < 4.78 is 42.3. The Kier molecular flexibility index (Phi) is 8.57. The lowest BCUT2D eigenvalue weighted by atomic mass is 10.1. The second-order valence-electron chi connectivity index (χ2n) is 10.5. The van der Waals surface area contributed by atoms with E-state index in [-0.39, 0.29) is 17.8 Å². The third-order valence-electron chi connectivity index (χ3n) is 7.40. The third-order valence-corrected chi connectivity index (χ3v) is 7.40. The van der Waals surface area contributed by atoms with Crippen LogP contribution in [0.15, 0.2) is 60.0 Å². The maximum atomic E-state index is 12.5. The van der Waals surface area contributed by atoms with Crippen molar-refractivity contribution in [3.8, 4) is 17.1 Å². The summed E-state index contributed by atoms with van der Waals surface area (Å²) in [5.74, 6) is 1.39. The van der Waals surface area contributed by atoms with Crippen LogP contribution in [0.5, 0.6) is 5.88 Å². The van der Waals surface area contributed by atoms with Crippen molar-refractivity contribution < 1.29 is 22.7 Å². The number of hydrogen-bond acceptors (Lipinski definition) is 7. The number of nitrogens with one attached hydrogen (secondary N) is 2. The smallest absolute Gasteiger partial charge is 0.422 e. The molecule has 2 fully saturated rings. The van der Waals surface area contributed by atoms with Crippen molar-refractivity contribution in [2.24, 2.45) is 10.9 Å². The molecule has 13 heteroatoms. The number of halogens is 3. The minimum atomic E-state index is -4.46. The summed E-state index contributed by atoms with van der Waals surface area (Å²) in [5.41, 5.74) is 3.52. The second kappa shape index (κ2) is 12.3. The van der Waals surface area contributed by atoms with Gasteiger partial charge < -0.3 is 19.9 Å². The number of anilines is 1. The number of imidazole rings is 1. The fourth-order valence-electron chi connectivity index (χ4n) is 4.83. The number of aliphatic imine (C=N–C) groups is 1. The van der Waals surface area contributed by atoms with Crippen molar-refractivity contribution >= 4 is 28.7 Å². The Balaban J connectivity index is 1.25. The summed E-state index contributed by atoms with van der Waals surface area (Å²) in [6, 6.07) is 6.86. The zero-order valence-electron chi connectivity index (χ0n) is 23.5. The Hall–Kier alpha value is -4.26. The van der Waals surface area contributed by atoms with E-state index in [2.05, 4.69) is 48.6 Å². The fraction of sp³-hybridized carbons (Fsp3) is 0.414. The van der Waals surface area contributed by atoms with E-state index in [0.717, 1.165) is 50.9 Å². The van der Waals surface area contributed by atoms with Crippen LogP contribution in [0.4, 0.5) is 19.1 Å². The molecular weight excluding hydrogens is 549 g/mol. The van der Waals surface area contributed by atoms with Gasteiger partial charge in [0.15, 0.2) is 6.61 Å². The Morgan fingerprint density at radius 1 is 1.24 bits per heavy atom. The molecule has 3 aromatic rings. The van der Waals surface area contributed by atoms with Gasteiger partial charge in [-0.05, 0) is 44.9 Å². The van der Waals surface area contributed by atoms with Crippen molar-refractivity contribution in [2.75, 3.05) is 38.1 Å². The van der Waals surface area contributed by atoms with Crippen molar-refractivity contribution in [2.45, 2.75) is 38.9 Å². The van der Waals surface area contributed by atoms with Gasteiger partial charge in [0.25, 0.3) is 0 Å². The number of benzene rings is 1. The monoisotopic (exact) mass is 582 g/mol. The number of piperazine rings is 1. The normalized spacial score (nSPS) is 17.8. The lowest BCUT2D eigenvalue weighted by Crippen LogP contribution is -2.52. The number of fused-ring (bicyclic) bond motifs is 1. The molecule has 1 amide bonds. The average Bonchev–Trinajstić information content (AvgIpc) is 3.75. The first-order valence-corrected chi connectivity index (χ1v) is 13.8. The predicted octanol–water partition coefficient (Wildman–Crippen LogP) is 4.80. The summed E-state index contributed by atoms with van der Waals surface area (Å²) in [4.78, 5) is 36.9. The van der Waals surface area contributed by atoms with E-state index in [0.29, 0.717) is 40.0 Å². The van der Waals surface area contributed by atoms with E-state index in [1.54, 1.807) is 18.2 Å². The SMILES string of the molecule is C=C/N=C(\C=C(/C)C(C)N1CCN(C(=O)C2CC2)CC1)Nc1nc2ccc(-c3cc(OCC(F)(F)F)ncn3)cc2[nH]1. The van der Waals surface area contributed by atoms with Gasteiger partial charge in [-0.25, -0.2) is 19.9 Å². The molecule has 1 aromatic carbocycles. The third kappa shape index (κ3) is 7.32. The summed E-state index contributed by atoms with van der Waals surface area (Å²) in [7, 11) is 0. The van der Waals surface area contributed by atoms with Crippen LogP contribution in [0, 0.1) is 5.92 Å². The lowest BCUT2D eigenvalue weighted by molar-refractivity contribution is -0.154. The molecule has 0 bridgehead atoms. The first-order chi connectivity index (χ1) is 20.1. The van der Waals surface area contributed by atoms with Gasteiger partial charge in [0.2, 0.25) is 17.7 Å². The number of H-pyrrole nitrogens is 1. The van der Waals surface area contributed by atoms with Crippen molar-refractivity contribution in [3.05, 3.63) is 55.0 Å². The van der Waals surface area contributed by atoms with Gasteiger partial charge >= 0.3 is 6.18 Å². The zero-order valence-corrected chi connectivity index (χ0v) is 23.5. The van der Waals surface area contributed by atoms with E-state index in [1.165, 1.54) is 12.3 Å². The molecule has 1 aliphatic heterocycles. The van der Waals surface area contributed by atoms with Crippen LogP contribution in [0.1, 0.15) is 26.7 Å². The molecule has 1 saturated heterocycles. The molecule has 2 aromatic heterocycles. The minimum Gasteiger partial charge on any atom is -0.468 e. The molecule has 1 saturated carbocycles. The molecule has 10 nitrogen and oxygen atoms in total. The number of rotatable bonds is 9. The van der Waals surface area contributed by atoms with Crippen LogP contribution in [0.25, 0.3) is 22.3 Å². The quantitative estimate of drug-likeness (QED) is 0.275. The van der Waals surface area contributed by atoms with E-state index >= 15 is 0 Å². The number of carbonyl (C=O) groups excluding carboxylic acids is 1. The first kappa shape index (κ1) is 29.2. The highest BCUT2D eigenvalue weighted by Gasteiger charge is 2.35. The summed E-state index contributed by atoms with van der Waals surface area (Å²) in [6.45, 7) is 9.62. The van der Waals surface area contributed by atoms with Gasteiger partial charge in [0.1, 0.15) is 12.2 Å². The molecule has 5 rings (SSSR count). The number of aromatic nitrogens is 4. The number of ether oxygens (including phenoxy) is 1. The number of aromatic amines is 1. The van der Waals surface area contributed by atoms with Gasteiger partial charge in [-0.15, -0.1) is 0 Å². The molecule has 1 aliphatic carbocycles. The van der Waals surface area contributed by atoms with Gasteiger partial charge in [-0.2, -0.15) is 13.2 Å². The average molecular weight is 583 g/mol. The number of alkyl halides is 3. The molecule has 1 unspecified atom stereocenters. The molecular formula is C29H33F3N8O2. The Bertz CT molecular complexity index is 1500. The molecule has 0 spiro atoms. The van der Waals surface area contributed by atoms with Crippen LogP contribution in [0.2, 0.25) is 0 Å². The Morgan fingerprint density at radius 2 is 2.00 bits per heavy atom. The molecule has 222 valence electrons. The van der Waals surface area contributed by atoms with E-state index in [9.17, 15) is 18.0 Å². The Labute approximate surface area is 241 Å². The lowest BCUT2D eigenvalue weighted by Gasteiger charge is -2.38. The fourth-order valence-corrected chi connectivity index (χ4v) is 4.83. The highest BCUT2D eigenvalue weighted by Crippen LogP contribution is 2.31. The summed E-state index contributed by atoms with van der Waals surface area (Å²) in [5, 5.41) is 3.21. The highest BCUT2D eigenvalue weighted by atomic mass is 19.4. The van der Waals surface area contributed by atoms with Crippen LogP contribution < -0.4 is 10.1 Å². The van der Waals surface area contributed by atoms with E-state index in [4.69, 9.17) is 4.74 Å². The summed E-state index contributed by atoms with van der Waals surface area (Å²) in [6.07, 6.45) is 2.15. The molecule has 0 radical (unpaired) electrons. The number of amidine groups is 1. The van der Waals surface area contributed by atoms with E-state index < -0.39 is 12.8 Å². The van der Waals surface area contributed by atoms with Crippen LogP contribution in [0.3, 0.4) is 0 Å². The van der Waals surface area contributed by atoms with Crippen molar-refractivity contribution in [1.29, 1.82) is 0 Å². The predicted molar refractivity (Wildman–Crippen MR) is 154 cm³/mol. The second-order valence-corrected chi connectivity index (χ2v) is 10.5. The number of nitrogens with zero attached hydrogens (tertiary/aromatic N) is 6. The first-order valence-electron chi connectivity index (χ1n) is 13.8. The van der Waals surface area contributed by atoms with Crippen LogP contribution >= 0.6 is 0 Å². The number of amides is 1. The topological polar surface area (TPSA) is 112 Å². The van der Waals surface area contributed by atoms with Gasteiger partial charge in [-0.1, -0.05) is 18.2 Å². The maximum Gasteiger partial charge on any atom is 0.422 e.